The lowest BCUT2D eigenvalue weighted by atomic mass is 10.2. The summed E-state index contributed by atoms with van der Waals surface area (Å²) in [6, 6.07) is 11.0. The van der Waals surface area contributed by atoms with Gasteiger partial charge in [-0.05, 0) is 37.6 Å². The lowest BCUT2D eigenvalue weighted by Crippen LogP contribution is -2.39. The Morgan fingerprint density at radius 1 is 1.23 bits per heavy atom. The number of nitrogens with one attached hydrogen (secondary N) is 1. The van der Waals surface area contributed by atoms with Crippen molar-refractivity contribution in [2.45, 2.75) is 13.8 Å². The zero-order valence-corrected chi connectivity index (χ0v) is 14.7. The highest BCUT2D eigenvalue weighted by Crippen LogP contribution is 2.29. The molecule has 2 amide bonds. The lowest BCUT2D eigenvalue weighted by molar-refractivity contribution is -0.384. The van der Waals surface area contributed by atoms with E-state index < -0.39 is 16.7 Å². The molecule has 0 spiro atoms. The number of aryl methyl sites for hydroxylation is 1. The van der Waals surface area contributed by atoms with Crippen molar-refractivity contribution in [3.8, 4) is 5.75 Å². The molecule has 0 aliphatic heterocycles. The molecule has 2 aromatic rings. The van der Waals surface area contributed by atoms with Crippen molar-refractivity contribution in [1.82, 2.24) is 0 Å². The third kappa shape index (κ3) is 4.15. The number of likely N-dealkylation sites (N-methyl/N-ethyl adjacent to an activating group) is 1. The van der Waals surface area contributed by atoms with Crippen LogP contribution in [0.1, 0.15) is 12.5 Å². The van der Waals surface area contributed by atoms with E-state index in [9.17, 15) is 19.7 Å². The van der Waals surface area contributed by atoms with Crippen LogP contribution in [-0.4, -0.2) is 30.4 Å². The van der Waals surface area contributed by atoms with Crippen LogP contribution < -0.4 is 15.0 Å². The Balaban J connectivity index is 2.23. The zero-order chi connectivity index (χ0) is 19.3. The summed E-state index contributed by atoms with van der Waals surface area (Å²) < 4.78 is 5.06. The molecule has 0 bridgehead atoms. The molecule has 26 heavy (non-hydrogen) atoms. The van der Waals surface area contributed by atoms with Crippen LogP contribution in [0.3, 0.4) is 0 Å². The molecule has 0 heterocycles. The summed E-state index contributed by atoms with van der Waals surface area (Å²) in [5.41, 5.74) is 1.58. The predicted octanol–water partition coefficient (Wildman–Crippen LogP) is 2.90. The molecule has 2 rings (SSSR count). The first-order valence-corrected chi connectivity index (χ1v) is 7.89. The molecule has 8 nitrogen and oxygen atoms in total. The number of hydrogen-bond acceptors (Lipinski definition) is 5. The summed E-state index contributed by atoms with van der Waals surface area (Å²) in [6.07, 6.45) is 0. The summed E-state index contributed by atoms with van der Waals surface area (Å²) in [5.74, 6) is -1.50. The molecule has 2 aromatic carbocycles. The number of benzene rings is 2. The van der Waals surface area contributed by atoms with Crippen LogP contribution >= 0.6 is 0 Å². The fourth-order valence-corrected chi connectivity index (χ4v) is 2.43. The van der Waals surface area contributed by atoms with Crippen molar-refractivity contribution in [3.05, 3.63) is 58.1 Å². The fraction of sp³-hybridized carbons (Fsp3) is 0.222. The number of carbonyl (C=O) groups excluding carboxylic acids is 2. The van der Waals surface area contributed by atoms with Crippen molar-refractivity contribution in [2.75, 3.05) is 23.9 Å². The van der Waals surface area contributed by atoms with Crippen molar-refractivity contribution in [2.24, 2.45) is 0 Å². The molecule has 0 saturated carbocycles. The molecule has 0 radical (unpaired) electrons. The first kappa shape index (κ1) is 18.9. The van der Waals surface area contributed by atoms with E-state index in [1.54, 1.807) is 25.1 Å². The van der Waals surface area contributed by atoms with Gasteiger partial charge in [-0.1, -0.05) is 12.1 Å². The standard InChI is InChI=1S/C18H19N3O5/c1-4-20(13-7-5-6-12(2)10-13)18(23)17(22)19-15-9-8-14(21(24)25)11-16(15)26-3/h5-11H,4H2,1-3H3,(H,19,22). The number of anilines is 2. The van der Waals surface area contributed by atoms with Gasteiger partial charge in [0, 0.05) is 18.3 Å². The quantitative estimate of drug-likeness (QED) is 0.504. The lowest BCUT2D eigenvalue weighted by Gasteiger charge is -2.21. The number of non-ortho nitro benzene ring substituents is 1. The minimum absolute atomic E-state index is 0.0963. The van der Waals surface area contributed by atoms with Gasteiger partial charge in [0.2, 0.25) is 0 Å². The maximum atomic E-state index is 12.5. The molecule has 0 aromatic heterocycles. The molecule has 8 heteroatoms. The van der Waals surface area contributed by atoms with Gasteiger partial charge < -0.3 is 15.0 Å². The minimum atomic E-state index is -0.861. The fourth-order valence-electron chi connectivity index (χ4n) is 2.43. The van der Waals surface area contributed by atoms with Crippen LogP contribution in [0.2, 0.25) is 0 Å². The van der Waals surface area contributed by atoms with Crippen LogP contribution in [0.4, 0.5) is 17.1 Å². The molecular formula is C18H19N3O5. The highest BCUT2D eigenvalue weighted by Gasteiger charge is 2.24. The number of nitro groups is 1. The van der Waals surface area contributed by atoms with Gasteiger partial charge in [0.05, 0.1) is 23.8 Å². The van der Waals surface area contributed by atoms with Crippen LogP contribution in [0.5, 0.6) is 5.75 Å². The first-order chi connectivity index (χ1) is 12.4. The molecule has 0 fully saturated rings. The highest BCUT2D eigenvalue weighted by molar-refractivity contribution is 6.44. The minimum Gasteiger partial charge on any atom is -0.494 e. The van der Waals surface area contributed by atoms with Crippen LogP contribution in [0.15, 0.2) is 42.5 Å². The Bertz CT molecular complexity index is 850. The normalized spacial score (nSPS) is 10.1. The van der Waals surface area contributed by atoms with E-state index in [0.29, 0.717) is 12.2 Å². The number of nitrogens with zero attached hydrogens (tertiary/aromatic N) is 2. The Kier molecular flexibility index (Phi) is 5.90. The third-order valence-electron chi connectivity index (χ3n) is 3.71. The molecule has 0 saturated heterocycles. The molecule has 136 valence electrons. The van der Waals surface area contributed by atoms with Crippen LogP contribution in [0.25, 0.3) is 0 Å². The summed E-state index contributed by atoms with van der Waals surface area (Å²) >= 11 is 0. The Labute approximate surface area is 150 Å². The van der Waals surface area contributed by atoms with Crippen molar-refractivity contribution >= 4 is 28.9 Å². The molecule has 0 aliphatic carbocycles. The van der Waals surface area contributed by atoms with Gasteiger partial charge in [0.15, 0.2) is 0 Å². The predicted molar refractivity (Wildman–Crippen MR) is 97.5 cm³/mol. The molecule has 0 unspecified atom stereocenters. The van der Waals surface area contributed by atoms with Gasteiger partial charge in [0.1, 0.15) is 5.75 Å². The van der Waals surface area contributed by atoms with E-state index in [2.05, 4.69) is 5.32 Å². The SMILES string of the molecule is CCN(C(=O)C(=O)Nc1ccc([N+](=O)[O-])cc1OC)c1cccc(C)c1. The Hall–Kier alpha value is -3.42. The van der Waals surface area contributed by atoms with Crippen molar-refractivity contribution < 1.29 is 19.2 Å². The second-order valence-corrected chi connectivity index (χ2v) is 5.48. The van der Waals surface area contributed by atoms with Crippen molar-refractivity contribution in [3.63, 3.8) is 0 Å². The van der Waals surface area contributed by atoms with E-state index in [0.717, 1.165) is 5.56 Å². The second-order valence-electron chi connectivity index (χ2n) is 5.48. The molecule has 0 atom stereocenters. The van der Waals surface area contributed by atoms with Crippen molar-refractivity contribution in [1.29, 1.82) is 0 Å². The number of carbonyl (C=O) groups is 2. The number of methoxy groups -OCH3 is 1. The molecule has 1 N–H and O–H groups in total. The zero-order valence-electron chi connectivity index (χ0n) is 14.7. The van der Waals surface area contributed by atoms with Crippen LogP contribution in [0, 0.1) is 17.0 Å². The van der Waals surface area contributed by atoms with E-state index in [4.69, 9.17) is 4.74 Å². The number of rotatable bonds is 5. The van der Waals surface area contributed by atoms with Gasteiger partial charge in [-0.2, -0.15) is 0 Å². The van der Waals surface area contributed by atoms with Gasteiger partial charge in [-0.25, -0.2) is 0 Å². The Morgan fingerprint density at radius 2 is 1.96 bits per heavy atom. The average molecular weight is 357 g/mol. The number of hydrogen-bond donors (Lipinski definition) is 1. The highest BCUT2D eigenvalue weighted by atomic mass is 16.6. The number of ether oxygens (including phenoxy) is 1. The third-order valence-corrected chi connectivity index (χ3v) is 3.71. The summed E-state index contributed by atoms with van der Waals surface area (Å²) in [6.45, 7) is 3.97. The maximum Gasteiger partial charge on any atom is 0.316 e. The molecular weight excluding hydrogens is 338 g/mol. The monoisotopic (exact) mass is 357 g/mol. The largest absolute Gasteiger partial charge is 0.494 e. The topological polar surface area (TPSA) is 102 Å². The average Bonchev–Trinajstić information content (AvgIpc) is 2.62. The maximum absolute atomic E-state index is 12.5. The van der Waals surface area contributed by atoms with Gasteiger partial charge in [-0.15, -0.1) is 0 Å². The summed E-state index contributed by atoms with van der Waals surface area (Å²) in [4.78, 5) is 36.5. The summed E-state index contributed by atoms with van der Waals surface area (Å²) in [7, 11) is 1.32. The van der Waals surface area contributed by atoms with Gasteiger partial charge >= 0.3 is 11.8 Å². The van der Waals surface area contributed by atoms with Crippen LogP contribution in [-0.2, 0) is 9.59 Å². The van der Waals surface area contributed by atoms with E-state index in [1.807, 2.05) is 13.0 Å². The van der Waals surface area contributed by atoms with E-state index in [1.165, 1.54) is 30.2 Å². The van der Waals surface area contributed by atoms with Gasteiger partial charge in [0.25, 0.3) is 5.69 Å². The second kappa shape index (κ2) is 8.11. The first-order valence-electron chi connectivity index (χ1n) is 7.89. The molecule has 0 aliphatic rings. The summed E-state index contributed by atoms with van der Waals surface area (Å²) in [5, 5.41) is 13.3. The number of amides is 2. The van der Waals surface area contributed by atoms with E-state index in [-0.39, 0.29) is 17.1 Å². The van der Waals surface area contributed by atoms with E-state index >= 15 is 0 Å². The smallest absolute Gasteiger partial charge is 0.316 e. The van der Waals surface area contributed by atoms with Gasteiger partial charge in [-0.3, -0.25) is 19.7 Å². The Morgan fingerprint density at radius 3 is 2.54 bits per heavy atom. The number of nitro benzene ring substituents is 1.